The summed E-state index contributed by atoms with van der Waals surface area (Å²) in [4.78, 5) is 13.0. The number of carboxylic acids is 1. The zero-order valence-electron chi connectivity index (χ0n) is 9.53. The standard InChI is InChI=1S/C11H17N3O2/c1-14(2)6-5-13-10-7-8(12)3-4-9(10)11(15)16/h3-4,7,13H,5-6,12H2,1-2H3,(H,15,16). The van der Waals surface area contributed by atoms with Crippen LogP contribution in [-0.2, 0) is 0 Å². The number of likely N-dealkylation sites (N-methyl/N-ethyl adjacent to an activating group) is 1. The second kappa shape index (κ2) is 5.37. The summed E-state index contributed by atoms with van der Waals surface area (Å²) in [6.45, 7) is 1.50. The van der Waals surface area contributed by atoms with Gasteiger partial charge in [0, 0.05) is 18.8 Å². The highest BCUT2D eigenvalue weighted by atomic mass is 16.4. The number of hydrogen-bond donors (Lipinski definition) is 3. The molecule has 0 fully saturated rings. The van der Waals surface area contributed by atoms with Crippen LogP contribution in [0.3, 0.4) is 0 Å². The van der Waals surface area contributed by atoms with Gasteiger partial charge in [0.05, 0.1) is 11.3 Å². The summed E-state index contributed by atoms with van der Waals surface area (Å²) >= 11 is 0. The highest BCUT2D eigenvalue weighted by molar-refractivity contribution is 5.95. The van der Waals surface area contributed by atoms with Gasteiger partial charge in [0.2, 0.25) is 0 Å². The van der Waals surface area contributed by atoms with Crippen molar-refractivity contribution in [2.45, 2.75) is 0 Å². The third-order valence-corrected chi connectivity index (χ3v) is 2.15. The Hall–Kier alpha value is -1.75. The number of nitrogens with two attached hydrogens (primary N) is 1. The predicted octanol–water partition coefficient (Wildman–Crippen LogP) is 0.941. The van der Waals surface area contributed by atoms with Crippen LogP contribution in [0.15, 0.2) is 18.2 Å². The van der Waals surface area contributed by atoms with Crippen molar-refractivity contribution in [1.82, 2.24) is 4.90 Å². The molecule has 1 aromatic carbocycles. The van der Waals surface area contributed by atoms with E-state index >= 15 is 0 Å². The molecule has 0 spiro atoms. The van der Waals surface area contributed by atoms with E-state index in [1.807, 2.05) is 19.0 Å². The van der Waals surface area contributed by atoms with Crippen molar-refractivity contribution >= 4 is 17.3 Å². The van der Waals surface area contributed by atoms with Crippen LogP contribution < -0.4 is 11.1 Å². The summed E-state index contributed by atoms with van der Waals surface area (Å²) in [7, 11) is 3.91. The van der Waals surface area contributed by atoms with Gasteiger partial charge in [0.25, 0.3) is 0 Å². The summed E-state index contributed by atoms with van der Waals surface area (Å²) in [6.07, 6.45) is 0. The van der Waals surface area contributed by atoms with Crippen molar-refractivity contribution in [2.75, 3.05) is 38.2 Å². The summed E-state index contributed by atoms with van der Waals surface area (Å²) in [5.74, 6) is -0.952. The lowest BCUT2D eigenvalue weighted by Crippen LogP contribution is -2.21. The summed E-state index contributed by atoms with van der Waals surface area (Å²) in [5, 5.41) is 12.0. The van der Waals surface area contributed by atoms with Crippen molar-refractivity contribution in [3.63, 3.8) is 0 Å². The van der Waals surface area contributed by atoms with E-state index in [1.165, 1.54) is 6.07 Å². The molecule has 0 amide bonds. The number of hydrogen-bond acceptors (Lipinski definition) is 4. The SMILES string of the molecule is CN(C)CCNc1cc(N)ccc1C(=O)O. The lowest BCUT2D eigenvalue weighted by atomic mass is 10.1. The van der Waals surface area contributed by atoms with Gasteiger partial charge >= 0.3 is 5.97 Å². The first-order valence-corrected chi connectivity index (χ1v) is 5.02. The Kier molecular flexibility index (Phi) is 4.13. The van der Waals surface area contributed by atoms with E-state index in [0.29, 0.717) is 17.9 Å². The summed E-state index contributed by atoms with van der Waals surface area (Å²) in [5.41, 5.74) is 6.98. The van der Waals surface area contributed by atoms with E-state index in [-0.39, 0.29) is 5.56 Å². The van der Waals surface area contributed by atoms with Gasteiger partial charge in [-0.2, -0.15) is 0 Å². The molecule has 1 rings (SSSR count). The Balaban J connectivity index is 2.76. The smallest absolute Gasteiger partial charge is 0.337 e. The third kappa shape index (κ3) is 3.43. The predicted molar refractivity (Wildman–Crippen MR) is 64.9 cm³/mol. The third-order valence-electron chi connectivity index (χ3n) is 2.15. The molecule has 4 N–H and O–H groups in total. The monoisotopic (exact) mass is 223 g/mol. The molecule has 0 saturated carbocycles. The number of nitrogens with zero attached hydrogens (tertiary/aromatic N) is 1. The Labute approximate surface area is 94.9 Å². The van der Waals surface area contributed by atoms with E-state index in [0.717, 1.165) is 6.54 Å². The zero-order chi connectivity index (χ0) is 12.1. The van der Waals surface area contributed by atoms with E-state index < -0.39 is 5.97 Å². The highest BCUT2D eigenvalue weighted by Gasteiger charge is 2.09. The topological polar surface area (TPSA) is 78.6 Å². The van der Waals surface area contributed by atoms with Crippen molar-refractivity contribution < 1.29 is 9.90 Å². The molecule has 0 aliphatic carbocycles. The lowest BCUT2D eigenvalue weighted by molar-refractivity contribution is 0.0698. The number of rotatable bonds is 5. The molecule has 0 aliphatic rings. The van der Waals surface area contributed by atoms with Crippen LogP contribution >= 0.6 is 0 Å². The average Bonchev–Trinajstić information content (AvgIpc) is 2.16. The number of nitrogens with one attached hydrogen (secondary N) is 1. The second-order valence-electron chi connectivity index (χ2n) is 3.84. The van der Waals surface area contributed by atoms with Crippen molar-refractivity contribution in [1.29, 1.82) is 0 Å². The zero-order valence-corrected chi connectivity index (χ0v) is 9.53. The van der Waals surface area contributed by atoms with Gasteiger partial charge in [-0.05, 0) is 32.3 Å². The number of aromatic carboxylic acids is 1. The highest BCUT2D eigenvalue weighted by Crippen LogP contribution is 2.18. The first kappa shape index (κ1) is 12.3. The Morgan fingerprint density at radius 1 is 1.50 bits per heavy atom. The molecule has 0 atom stereocenters. The maximum absolute atomic E-state index is 10.9. The van der Waals surface area contributed by atoms with Gasteiger partial charge in [-0.3, -0.25) is 0 Å². The van der Waals surface area contributed by atoms with E-state index in [2.05, 4.69) is 5.32 Å². The molecule has 5 heteroatoms. The van der Waals surface area contributed by atoms with Crippen LogP contribution in [0.5, 0.6) is 0 Å². The molecule has 0 heterocycles. The molecule has 0 aliphatic heterocycles. The molecular formula is C11H17N3O2. The van der Waals surface area contributed by atoms with Crippen LogP contribution in [0.2, 0.25) is 0 Å². The maximum Gasteiger partial charge on any atom is 0.337 e. The summed E-state index contributed by atoms with van der Waals surface area (Å²) in [6, 6.07) is 4.73. The second-order valence-corrected chi connectivity index (χ2v) is 3.84. The first-order valence-electron chi connectivity index (χ1n) is 5.02. The molecule has 0 saturated heterocycles. The molecule has 0 unspecified atom stereocenters. The largest absolute Gasteiger partial charge is 0.478 e. The fourth-order valence-corrected chi connectivity index (χ4v) is 1.31. The Morgan fingerprint density at radius 2 is 2.19 bits per heavy atom. The number of carboxylic acid groups (broad SMARTS) is 1. The van der Waals surface area contributed by atoms with Gasteiger partial charge < -0.3 is 21.1 Å². The Bertz CT molecular complexity index is 377. The van der Waals surface area contributed by atoms with Crippen LogP contribution in [-0.4, -0.2) is 43.2 Å². The van der Waals surface area contributed by atoms with Crippen molar-refractivity contribution in [2.24, 2.45) is 0 Å². The minimum absolute atomic E-state index is 0.243. The average molecular weight is 223 g/mol. The van der Waals surface area contributed by atoms with Crippen molar-refractivity contribution in [3.8, 4) is 0 Å². The van der Waals surface area contributed by atoms with Crippen LogP contribution in [0, 0.1) is 0 Å². The van der Waals surface area contributed by atoms with Crippen LogP contribution in [0.25, 0.3) is 0 Å². The van der Waals surface area contributed by atoms with Crippen LogP contribution in [0.1, 0.15) is 10.4 Å². The molecular weight excluding hydrogens is 206 g/mol. The number of carbonyl (C=O) groups is 1. The number of nitrogen functional groups attached to an aromatic ring is 1. The van der Waals surface area contributed by atoms with Gasteiger partial charge in [0.1, 0.15) is 0 Å². The quantitative estimate of drug-likeness (QED) is 0.647. The van der Waals surface area contributed by atoms with Gasteiger partial charge in [-0.15, -0.1) is 0 Å². The summed E-state index contributed by atoms with van der Waals surface area (Å²) < 4.78 is 0. The first-order chi connectivity index (χ1) is 7.50. The fourth-order valence-electron chi connectivity index (χ4n) is 1.31. The molecule has 0 radical (unpaired) electrons. The van der Waals surface area contributed by atoms with Gasteiger partial charge in [-0.25, -0.2) is 4.79 Å². The molecule has 1 aromatic rings. The van der Waals surface area contributed by atoms with E-state index in [4.69, 9.17) is 10.8 Å². The molecule has 16 heavy (non-hydrogen) atoms. The van der Waals surface area contributed by atoms with Crippen molar-refractivity contribution in [3.05, 3.63) is 23.8 Å². The molecule has 5 nitrogen and oxygen atoms in total. The molecule has 0 bridgehead atoms. The molecule has 0 aromatic heterocycles. The number of benzene rings is 1. The lowest BCUT2D eigenvalue weighted by Gasteiger charge is -2.13. The van der Waals surface area contributed by atoms with Crippen LogP contribution in [0.4, 0.5) is 11.4 Å². The fraction of sp³-hybridized carbons (Fsp3) is 0.364. The molecule has 88 valence electrons. The van der Waals surface area contributed by atoms with E-state index in [9.17, 15) is 4.79 Å². The van der Waals surface area contributed by atoms with Gasteiger partial charge in [-0.1, -0.05) is 0 Å². The van der Waals surface area contributed by atoms with E-state index in [1.54, 1.807) is 12.1 Å². The normalized spacial score (nSPS) is 10.4. The van der Waals surface area contributed by atoms with Gasteiger partial charge in [0.15, 0.2) is 0 Å². The number of anilines is 2. The Morgan fingerprint density at radius 3 is 2.75 bits per heavy atom. The minimum Gasteiger partial charge on any atom is -0.478 e. The minimum atomic E-state index is -0.952. The maximum atomic E-state index is 10.9.